The lowest BCUT2D eigenvalue weighted by Crippen LogP contribution is -2.64. The van der Waals surface area contributed by atoms with Gasteiger partial charge in [0.2, 0.25) is 0 Å². The summed E-state index contributed by atoms with van der Waals surface area (Å²) in [7, 11) is 0. The Kier molecular flexibility index (Phi) is 0.948. The van der Waals surface area contributed by atoms with E-state index in [2.05, 4.69) is 13.8 Å². The highest BCUT2D eigenvalue weighted by Crippen LogP contribution is 3.02. The van der Waals surface area contributed by atoms with Crippen molar-refractivity contribution in [2.24, 2.45) is 57.2 Å². The number of hydrogen-bond donors (Lipinski definition) is 0. The predicted octanol–water partition coefficient (Wildman–Crippen LogP) is 4.10. The molecule has 0 heteroatoms. The van der Waals surface area contributed by atoms with Crippen LogP contribution in [0, 0.1) is 57.2 Å². The molecule has 0 nitrogen and oxygen atoms in total. The second-order valence-electron chi connectivity index (χ2n) is 10.1. The van der Waals surface area contributed by atoms with Crippen LogP contribution in [0.3, 0.4) is 0 Å². The van der Waals surface area contributed by atoms with Gasteiger partial charge in [-0.1, -0.05) is 13.8 Å². The van der Waals surface area contributed by atoms with Gasteiger partial charge in [-0.15, -0.1) is 0 Å². The van der Waals surface area contributed by atoms with Crippen LogP contribution in [0.1, 0.15) is 52.4 Å². The van der Waals surface area contributed by atoms with Crippen LogP contribution in [-0.4, -0.2) is 0 Å². The molecule has 7 bridgehead atoms. The van der Waals surface area contributed by atoms with Crippen LogP contribution in [0.25, 0.3) is 0 Å². The summed E-state index contributed by atoms with van der Waals surface area (Å²) in [6, 6.07) is 0. The van der Waals surface area contributed by atoms with E-state index in [9.17, 15) is 0 Å². The minimum atomic E-state index is 0.718. The van der Waals surface area contributed by atoms with Crippen LogP contribution in [0.5, 0.6) is 0 Å². The summed E-state index contributed by atoms with van der Waals surface area (Å²) < 4.78 is 0. The third-order valence-electron chi connectivity index (χ3n) is 10.7. The fourth-order valence-corrected chi connectivity index (χ4v) is 11.5. The first-order valence-electron chi connectivity index (χ1n) is 8.58. The van der Waals surface area contributed by atoms with E-state index in [4.69, 9.17) is 0 Å². The monoisotopic (exact) mass is 240 g/mol. The van der Waals surface area contributed by atoms with Gasteiger partial charge in [0.05, 0.1) is 0 Å². The van der Waals surface area contributed by atoms with E-state index in [1.54, 1.807) is 38.5 Å². The maximum absolute atomic E-state index is 2.72. The van der Waals surface area contributed by atoms with Gasteiger partial charge in [0.15, 0.2) is 0 Å². The van der Waals surface area contributed by atoms with Crippen LogP contribution in [0.15, 0.2) is 0 Å². The molecule has 7 aliphatic carbocycles. The molecule has 0 radical (unpaired) electrons. The number of hydrogen-bond acceptors (Lipinski definition) is 0. The van der Waals surface area contributed by atoms with Crippen molar-refractivity contribution in [2.75, 3.05) is 0 Å². The molecule has 0 aromatic heterocycles. The lowest BCUT2D eigenvalue weighted by molar-refractivity contribution is -0.225. The van der Waals surface area contributed by atoms with Gasteiger partial charge in [-0.25, -0.2) is 0 Å². The summed E-state index contributed by atoms with van der Waals surface area (Å²) in [5.41, 5.74) is 3.40. The summed E-state index contributed by atoms with van der Waals surface area (Å²) in [6.07, 6.45) is 10.1. The second-order valence-corrected chi connectivity index (χ2v) is 10.1. The maximum atomic E-state index is 2.72. The minimum absolute atomic E-state index is 0.718. The zero-order chi connectivity index (χ0) is 11.7. The fraction of sp³-hybridized carbons (Fsp3) is 1.00. The molecule has 7 rings (SSSR count). The van der Waals surface area contributed by atoms with Crippen LogP contribution in [0.2, 0.25) is 0 Å². The second kappa shape index (κ2) is 1.89. The Morgan fingerprint density at radius 3 is 2.61 bits per heavy atom. The lowest BCUT2D eigenvalue weighted by Gasteiger charge is -2.70. The Labute approximate surface area is 110 Å². The summed E-state index contributed by atoms with van der Waals surface area (Å²) >= 11 is 0. The molecule has 0 heterocycles. The van der Waals surface area contributed by atoms with Crippen LogP contribution < -0.4 is 0 Å². The molecule has 7 aliphatic rings. The molecule has 0 N–H and O–H groups in total. The maximum Gasteiger partial charge on any atom is -0.0124 e. The van der Waals surface area contributed by atoms with Crippen molar-refractivity contribution in [1.82, 2.24) is 0 Å². The summed E-state index contributed by atoms with van der Waals surface area (Å²) in [4.78, 5) is 0. The van der Waals surface area contributed by atoms with E-state index in [0.29, 0.717) is 0 Å². The largest absolute Gasteiger partial charge is 0.0591 e. The van der Waals surface area contributed by atoms with Gasteiger partial charge in [0.1, 0.15) is 0 Å². The van der Waals surface area contributed by atoms with Crippen LogP contribution in [0.4, 0.5) is 0 Å². The molecule has 7 saturated carbocycles. The quantitative estimate of drug-likeness (QED) is 0.598. The van der Waals surface area contributed by atoms with Crippen molar-refractivity contribution in [1.29, 1.82) is 0 Å². The average molecular weight is 240 g/mol. The minimum Gasteiger partial charge on any atom is -0.0591 e. The first-order valence-corrected chi connectivity index (χ1v) is 8.58. The first-order chi connectivity index (χ1) is 8.58. The molecule has 96 valence electrons. The predicted molar refractivity (Wildman–Crippen MR) is 69.7 cm³/mol. The van der Waals surface area contributed by atoms with Crippen molar-refractivity contribution < 1.29 is 0 Å². The number of fused-ring (bicyclic) bond motifs is 4. The van der Waals surface area contributed by atoms with Crippen LogP contribution in [-0.2, 0) is 0 Å². The molecule has 9 atom stereocenters. The van der Waals surface area contributed by atoms with Gasteiger partial charge in [0, 0.05) is 0 Å². The molecule has 7 fully saturated rings. The molecule has 0 amide bonds. The first kappa shape index (κ1) is 9.03. The molecule has 0 aliphatic heterocycles. The zero-order valence-electron chi connectivity index (χ0n) is 11.7. The highest BCUT2D eigenvalue weighted by atomic mass is 15.0. The molecule has 0 saturated heterocycles. The highest BCUT2D eigenvalue weighted by molar-refractivity contribution is 5.44. The Morgan fingerprint density at radius 2 is 1.72 bits per heavy atom. The third-order valence-corrected chi connectivity index (χ3v) is 10.7. The molecular formula is C18H24. The van der Waals surface area contributed by atoms with E-state index >= 15 is 0 Å². The van der Waals surface area contributed by atoms with Crippen molar-refractivity contribution in [3.63, 3.8) is 0 Å². The molecule has 18 heavy (non-hydrogen) atoms. The Bertz CT molecular complexity index is 530. The van der Waals surface area contributed by atoms with Crippen molar-refractivity contribution in [3.8, 4) is 0 Å². The van der Waals surface area contributed by atoms with E-state index in [1.165, 1.54) is 29.6 Å². The molecule has 9 unspecified atom stereocenters. The molecule has 3 spiro atoms. The van der Waals surface area contributed by atoms with Gasteiger partial charge >= 0.3 is 0 Å². The van der Waals surface area contributed by atoms with Crippen molar-refractivity contribution >= 4 is 0 Å². The molecule has 0 aromatic rings. The van der Waals surface area contributed by atoms with E-state index < -0.39 is 0 Å². The van der Waals surface area contributed by atoms with Gasteiger partial charge in [-0.3, -0.25) is 0 Å². The van der Waals surface area contributed by atoms with E-state index in [0.717, 1.165) is 27.6 Å². The highest BCUT2D eigenvalue weighted by Gasteiger charge is 2.96. The van der Waals surface area contributed by atoms with Crippen molar-refractivity contribution in [2.45, 2.75) is 52.4 Å². The zero-order valence-corrected chi connectivity index (χ0v) is 11.7. The average Bonchev–Trinajstić information content (AvgIpc) is 2.53. The number of rotatable bonds is 0. The van der Waals surface area contributed by atoms with Crippen LogP contribution >= 0.6 is 0 Å². The topological polar surface area (TPSA) is 0 Å². The fourth-order valence-electron chi connectivity index (χ4n) is 11.5. The van der Waals surface area contributed by atoms with E-state index in [1.807, 2.05) is 0 Å². The Hall–Kier alpha value is 0. The van der Waals surface area contributed by atoms with Gasteiger partial charge in [0.25, 0.3) is 0 Å². The molecule has 0 aromatic carbocycles. The smallest absolute Gasteiger partial charge is 0.0124 e. The SMILES string of the molecule is CC1(C)C2CC3CC45CC2C2C6CC(CC24C6)C315. The standard InChI is InChI=1S/C18H24/c1-15(2)13-4-11-7-17-8-12(13)14-9-3-10(18(11,15)17)6-16(14,17)5-9/h9-14H,3-8H2,1-2H3. The van der Waals surface area contributed by atoms with E-state index in [-0.39, 0.29) is 0 Å². The van der Waals surface area contributed by atoms with Crippen molar-refractivity contribution in [3.05, 3.63) is 0 Å². The normalized spacial score (nSPS) is 81.7. The Morgan fingerprint density at radius 1 is 0.889 bits per heavy atom. The Balaban J connectivity index is 1.69. The third kappa shape index (κ3) is 0.435. The van der Waals surface area contributed by atoms with Gasteiger partial charge < -0.3 is 0 Å². The summed E-state index contributed by atoms with van der Waals surface area (Å²) in [5, 5.41) is 0. The summed E-state index contributed by atoms with van der Waals surface area (Å²) in [5.74, 6) is 7.09. The molecular weight excluding hydrogens is 216 g/mol. The van der Waals surface area contributed by atoms with Gasteiger partial charge in [-0.05, 0) is 95.7 Å². The summed E-state index contributed by atoms with van der Waals surface area (Å²) in [6.45, 7) is 5.43. The van der Waals surface area contributed by atoms with Gasteiger partial charge in [-0.2, -0.15) is 0 Å². The lowest BCUT2D eigenvalue weighted by atomic mass is 9.34.